The van der Waals surface area contributed by atoms with Crippen LogP contribution in [-0.2, 0) is 6.42 Å². The van der Waals surface area contributed by atoms with Gasteiger partial charge in [-0.05, 0) is 85.8 Å². The minimum atomic E-state index is -0.393. The molecule has 4 heteroatoms. The van der Waals surface area contributed by atoms with Gasteiger partial charge in [0.2, 0.25) is 0 Å². The van der Waals surface area contributed by atoms with Crippen LogP contribution in [0.5, 0.6) is 0 Å². The number of halogens is 1. The fourth-order valence-electron chi connectivity index (χ4n) is 7.89. The van der Waals surface area contributed by atoms with Crippen LogP contribution in [0.4, 0.5) is 0 Å². The minimum absolute atomic E-state index is 0.135. The van der Waals surface area contributed by atoms with Gasteiger partial charge in [-0.3, -0.25) is 5.10 Å². The molecule has 2 N–H and O–H groups in total. The predicted octanol–water partition coefficient (Wildman–Crippen LogP) is 4.97. The molecule has 3 fully saturated rings. The first-order valence-electron chi connectivity index (χ1n) is 9.87. The summed E-state index contributed by atoms with van der Waals surface area (Å²) in [6.45, 7) is 2.41. The van der Waals surface area contributed by atoms with E-state index in [9.17, 15) is 5.11 Å². The normalized spacial score (nSPS) is 44.6. The van der Waals surface area contributed by atoms with Gasteiger partial charge in [0.15, 0.2) is 0 Å². The standard InChI is InChI=1S/C21H25ClN2O/c1-19-7-6-13-12-3-5-16-17(18(22)24-23-16)14(12)2-4-15(13)20(19)8-10-21(19,25)11-9-20/h3,5,13,15,25H,2,4,6-11H2,1H3,(H,23,24). The van der Waals surface area contributed by atoms with Crippen LogP contribution in [0.1, 0.15) is 68.9 Å². The number of benzene rings is 1. The molecule has 1 aromatic carbocycles. The van der Waals surface area contributed by atoms with E-state index in [2.05, 4.69) is 29.3 Å². The maximum absolute atomic E-state index is 11.3. The van der Waals surface area contributed by atoms with Crippen LogP contribution >= 0.6 is 11.6 Å². The van der Waals surface area contributed by atoms with Gasteiger partial charge in [0.1, 0.15) is 5.15 Å². The smallest absolute Gasteiger partial charge is 0.132 e. The van der Waals surface area contributed by atoms with Crippen LogP contribution in [0.25, 0.3) is 10.9 Å². The third-order valence-corrected chi connectivity index (χ3v) is 9.45. The quantitative estimate of drug-likeness (QED) is 0.700. The summed E-state index contributed by atoms with van der Waals surface area (Å²) in [7, 11) is 0. The highest BCUT2D eigenvalue weighted by Crippen LogP contribution is 2.77. The number of H-pyrrole nitrogens is 1. The Morgan fingerprint density at radius 2 is 1.96 bits per heavy atom. The zero-order valence-electron chi connectivity index (χ0n) is 14.7. The molecule has 25 heavy (non-hydrogen) atoms. The highest BCUT2D eigenvalue weighted by Gasteiger charge is 2.73. The number of aromatic nitrogens is 2. The topological polar surface area (TPSA) is 48.9 Å². The molecule has 132 valence electrons. The summed E-state index contributed by atoms with van der Waals surface area (Å²) >= 11 is 6.42. The second-order valence-corrected chi connectivity index (χ2v) is 9.75. The van der Waals surface area contributed by atoms with Crippen LogP contribution < -0.4 is 0 Å². The lowest BCUT2D eigenvalue weighted by atomic mass is 9.48. The summed E-state index contributed by atoms with van der Waals surface area (Å²) in [6, 6.07) is 4.46. The largest absolute Gasteiger partial charge is 0.389 e. The van der Waals surface area contributed by atoms with Crippen molar-refractivity contribution in [3.05, 3.63) is 28.4 Å². The summed E-state index contributed by atoms with van der Waals surface area (Å²) < 4.78 is 0. The zero-order valence-corrected chi connectivity index (χ0v) is 15.5. The van der Waals surface area contributed by atoms with Gasteiger partial charge in [0.05, 0.1) is 11.1 Å². The van der Waals surface area contributed by atoms with E-state index in [1.807, 2.05) is 0 Å². The molecule has 0 saturated heterocycles. The molecule has 2 bridgehead atoms. The Balaban J connectivity index is 1.52. The van der Waals surface area contributed by atoms with Crippen molar-refractivity contribution < 1.29 is 5.11 Å². The van der Waals surface area contributed by atoms with Gasteiger partial charge in [-0.15, -0.1) is 0 Å². The second kappa shape index (κ2) is 4.43. The first-order valence-corrected chi connectivity index (χ1v) is 10.2. The Bertz CT molecular complexity index is 895. The van der Waals surface area contributed by atoms with Gasteiger partial charge in [0, 0.05) is 10.8 Å². The molecule has 0 aliphatic heterocycles. The van der Waals surface area contributed by atoms with Crippen molar-refractivity contribution in [3.8, 4) is 0 Å². The van der Waals surface area contributed by atoms with Crippen molar-refractivity contribution in [2.45, 2.75) is 69.8 Å². The third kappa shape index (κ3) is 1.50. The van der Waals surface area contributed by atoms with Gasteiger partial charge in [-0.1, -0.05) is 24.6 Å². The van der Waals surface area contributed by atoms with Crippen molar-refractivity contribution in [1.29, 1.82) is 0 Å². The first-order chi connectivity index (χ1) is 12.0. The Morgan fingerprint density at radius 3 is 2.76 bits per heavy atom. The summed E-state index contributed by atoms with van der Waals surface area (Å²) in [6.07, 6.45) is 9.21. The second-order valence-electron chi connectivity index (χ2n) is 9.38. The molecule has 4 aliphatic carbocycles. The van der Waals surface area contributed by atoms with Crippen molar-refractivity contribution >= 4 is 22.5 Å². The van der Waals surface area contributed by atoms with Crippen molar-refractivity contribution in [2.75, 3.05) is 0 Å². The molecule has 3 saturated carbocycles. The molecule has 1 heterocycles. The molecule has 0 amide bonds. The molecule has 3 atom stereocenters. The number of fused-ring (bicyclic) bond motifs is 5. The van der Waals surface area contributed by atoms with Crippen LogP contribution in [0.2, 0.25) is 5.15 Å². The summed E-state index contributed by atoms with van der Waals surface area (Å²) in [4.78, 5) is 0. The fourth-order valence-corrected chi connectivity index (χ4v) is 8.14. The molecule has 4 aliphatic rings. The summed E-state index contributed by atoms with van der Waals surface area (Å²) in [5.41, 5.74) is 4.05. The first kappa shape index (κ1) is 15.0. The molecule has 6 rings (SSSR count). The lowest BCUT2D eigenvalue weighted by Crippen LogP contribution is -2.51. The molecular formula is C21H25ClN2O. The third-order valence-electron chi connectivity index (χ3n) is 9.17. The SMILES string of the molecule is CC12CCC3c4ccc5n[nH]c(Cl)c5c4CCC3C13CCC2(O)CC3. The van der Waals surface area contributed by atoms with Gasteiger partial charge in [-0.25, -0.2) is 0 Å². The Labute approximate surface area is 153 Å². The van der Waals surface area contributed by atoms with Crippen molar-refractivity contribution in [2.24, 2.45) is 16.7 Å². The lowest BCUT2D eigenvalue weighted by molar-refractivity contribution is -0.101. The monoisotopic (exact) mass is 356 g/mol. The van der Waals surface area contributed by atoms with Crippen LogP contribution in [0, 0.1) is 16.7 Å². The fraction of sp³-hybridized carbons (Fsp3) is 0.667. The number of hydrogen-bond donors (Lipinski definition) is 2. The van der Waals surface area contributed by atoms with E-state index >= 15 is 0 Å². The summed E-state index contributed by atoms with van der Waals surface area (Å²) in [5.74, 6) is 1.35. The minimum Gasteiger partial charge on any atom is -0.389 e. The number of nitrogens with zero attached hydrogens (tertiary/aromatic N) is 1. The molecule has 0 spiro atoms. The number of rotatable bonds is 0. The van der Waals surface area contributed by atoms with Crippen molar-refractivity contribution in [1.82, 2.24) is 10.2 Å². The molecule has 3 nitrogen and oxygen atoms in total. The average molecular weight is 357 g/mol. The van der Waals surface area contributed by atoms with Gasteiger partial charge >= 0.3 is 0 Å². The Morgan fingerprint density at radius 1 is 1.16 bits per heavy atom. The molecule has 3 unspecified atom stereocenters. The maximum Gasteiger partial charge on any atom is 0.132 e. The van der Waals surface area contributed by atoms with Gasteiger partial charge in [0.25, 0.3) is 0 Å². The zero-order chi connectivity index (χ0) is 17.0. The average Bonchev–Trinajstić information content (AvgIpc) is 3.19. The van der Waals surface area contributed by atoms with Gasteiger partial charge in [-0.2, -0.15) is 5.10 Å². The summed E-state index contributed by atoms with van der Waals surface area (Å²) in [5, 5.41) is 20.4. The molecule has 1 aromatic heterocycles. The number of aromatic amines is 1. The van der Waals surface area contributed by atoms with E-state index < -0.39 is 5.60 Å². The number of aliphatic hydroxyl groups is 1. The number of nitrogens with one attached hydrogen (secondary N) is 1. The van der Waals surface area contributed by atoms with Crippen LogP contribution in [-0.4, -0.2) is 20.9 Å². The predicted molar refractivity (Wildman–Crippen MR) is 98.8 cm³/mol. The van der Waals surface area contributed by atoms with E-state index in [0.717, 1.165) is 36.1 Å². The highest BCUT2D eigenvalue weighted by molar-refractivity contribution is 6.34. The number of hydrogen-bond acceptors (Lipinski definition) is 2. The Kier molecular flexibility index (Phi) is 2.66. The maximum atomic E-state index is 11.3. The van der Waals surface area contributed by atoms with E-state index in [1.165, 1.54) is 43.2 Å². The number of aryl methyl sites for hydroxylation is 1. The van der Waals surface area contributed by atoms with E-state index in [1.54, 1.807) is 0 Å². The van der Waals surface area contributed by atoms with Crippen LogP contribution in [0.3, 0.4) is 0 Å². The molecule has 0 radical (unpaired) electrons. The van der Waals surface area contributed by atoms with Gasteiger partial charge < -0.3 is 5.11 Å². The van der Waals surface area contributed by atoms with E-state index in [-0.39, 0.29) is 5.41 Å². The van der Waals surface area contributed by atoms with E-state index in [4.69, 9.17) is 11.6 Å². The molecule has 2 aromatic rings. The Hall–Kier alpha value is -1.06. The lowest BCUT2D eigenvalue weighted by Gasteiger charge is -2.56. The van der Waals surface area contributed by atoms with Crippen molar-refractivity contribution in [3.63, 3.8) is 0 Å². The highest BCUT2D eigenvalue weighted by atomic mass is 35.5. The van der Waals surface area contributed by atoms with Crippen LogP contribution in [0.15, 0.2) is 12.1 Å². The molecular weight excluding hydrogens is 332 g/mol. The van der Waals surface area contributed by atoms with E-state index in [0.29, 0.717) is 16.5 Å².